The zero-order valence-corrected chi connectivity index (χ0v) is 5.24. The molecule has 0 fully saturated rings. The van der Waals surface area contributed by atoms with Gasteiger partial charge in [-0.15, -0.1) is 0 Å². The molecule has 0 heterocycles. The smallest absolute Gasteiger partial charge is 1.00 e. The zero-order chi connectivity index (χ0) is 3.41. The maximum Gasteiger partial charge on any atom is 2.00 e. The van der Waals surface area contributed by atoms with Crippen LogP contribution in [0.4, 0.5) is 0 Å². The van der Waals surface area contributed by atoms with E-state index in [-0.39, 0.29) is 25.9 Å². The van der Waals surface area contributed by atoms with Crippen molar-refractivity contribution in [3.8, 4) is 0 Å². The van der Waals surface area contributed by atoms with E-state index < -0.39 is 0 Å². The summed E-state index contributed by atoms with van der Waals surface area (Å²) in [6.45, 7) is 2.78. The van der Waals surface area contributed by atoms with Crippen LogP contribution in [0.15, 0.2) is 0 Å². The molecule has 0 N–H and O–H groups in total. The third-order valence-corrected chi connectivity index (χ3v) is 0.289. The van der Waals surface area contributed by atoms with Gasteiger partial charge in [0.15, 0.2) is 0 Å². The van der Waals surface area contributed by atoms with Crippen molar-refractivity contribution in [2.45, 2.75) is 6.92 Å². The van der Waals surface area contributed by atoms with E-state index in [2.05, 4.69) is 4.74 Å². The molecule has 0 aliphatic carbocycles. The summed E-state index contributed by atoms with van der Waals surface area (Å²) >= 11 is 0. The van der Waals surface area contributed by atoms with E-state index in [1.807, 2.05) is 6.92 Å². The SMILES string of the molecule is CCOC.[H-].[H-].[Mg+2]. The number of rotatable bonds is 1. The molecule has 0 rings (SSSR count). The summed E-state index contributed by atoms with van der Waals surface area (Å²) in [4.78, 5) is 0. The Labute approximate surface area is 51.8 Å². The maximum atomic E-state index is 4.54. The van der Waals surface area contributed by atoms with Crippen molar-refractivity contribution in [3.63, 3.8) is 0 Å². The Kier molecular flexibility index (Phi) is 16.3. The number of ether oxygens (including phenoxy) is 1. The van der Waals surface area contributed by atoms with E-state index in [0.29, 0.717) is 0 Å². The molecule has 0 aromatic carbocycles. The fraction of sp³-hybridized carbons (Fsp3) is 1.00. The van der Waals surface area contributed by atoms with Crippen LogP contribution in [0, 0.1) is 0 Å². The molecule has 0 aromatic heterocycles. The van der Waals surface area contributed by atoms with E-state index in [1.165, 1.54) is 0 Å². The second-order valence-corrected chi connectivity index (χ2v) is 0.577. The quantitative estimate of drug-likeness (QED) is 0.422. The average Bonchev–Trinajstić information content (AvgIpc) is 1.37. The molecular formula is C3H10MgO. The van der Waals surface area contributed by atoms with Gasteiger partial charge in [-0.05, 0) is 6.92 Å². The van der Waals surface area contributed by atoms with Gasteiger partial charge in [0.05, 0.1) is 0 Å². The first-order valence-electron chi connectivity index (χ1n) is 1.40. The van der Waals surface area contributed by atoms with Crippen LogP contribution in [-0.2, 0) is 4.74 Å². The minimum Gasteiger partial charge on any atom is -1.00 e. The first kappa shape index (κ1) is 9.21. The summed E-state index contributed by atoms with van der Waals surface area (Å²) in [7, 11) is 1.68. The van der Waals surface area contributed by atoms with Gasteiger partial charge in [-0.1, -0.05) is 0 Å². The molecule has 0 radical (unpaired) electrons. The Morgan fingerprint density at radius 2 is 2.00 bits per heavy atom. The first-order chi connectivity index (χ1) is 1.91. The van der Waals surface area contributed by atoms with Crippen LogP contribution in [-0.4, -0.2) is 36.8 Å². The minimum absolute atomic E-state index is 0. The monoisotopic (exact) mass is 86.1 g/mol. The maximum absolute atomic E-state index is 4.54. The largest absolute Gasteiger partial charge is 2.00 e. The molecule has 2 heteroatoms. The van der Waals surface area contributed by atoms with Crippen LogP contribution in [0.2, 0.25) is 0 Å². The molecule has 0 bridgehead atoms. The molecule has 0 amide bonds. The normalized spacial score (nSPS) is 6.00. The number of hydrogen-bond donors (Lipinski definition) is 0. The third-order valence-electron chi connectivity index (χ3n) is 0.289. The van der Waals surface area contributed by atoms with Crippen LogP contribution >= 0.6 is 0 Å². The van der Waals surface area contributed by atoms with Crippen LogP contribution in [0.5, 0.6) is 0 Å². The molecular weight excluding hydrogens is 76.3 g/mol. The summed E-state index contributed by atoms with van der Waals surface area (Å²) in [6, 6.07) is 0. The summed E-state index contributed by atoms with van der Waals surface area (Å²) in [6.07, 6.45) is 0. The summed E-state index contributed by atoms with van der Waals surface area (Å²) in [5.41, 5.74) is 0. The van der Waals surface area contributed by atoms with Gasteiger partial charge in [-0.25, -0.2) is 0 Å². The van der Waals surface area contributed by atoms with Gasteiger partial charge in [0, 0.05) is 13.7 Å². The van der Waals surface area contributed by atoms with Crippen molar-refractivity contribution in [3.05, 3.63) is 0 Å². The topological polar surface area (TPSA) is 9.23 Å². The Bertz CT molecular complexity index is 14.9. The molecule has 0 aliphatic rings. The van der Waals surface area contributed by atoms with Gasteiger partial charge in [0.25, 0.3) is 0 Å². The molecule has 30 valence electrons. The Balaban J connectivity index is -0.0000000150. The van der Waals surface area contributed by atoms with Gasteiger partial charge >= 0.3 is 23.1 Å². The van der Waals surface area contributed by atoms with Gasteiger partial charge in [0.1, 0.15) is 0 Å². The predicted molar refractivity (Wildman–Crippen MR) is 25.5 cm³/mol. The Morgan fingerprint density at radius 3 is 2.00 bits per heavy atom. The van der Waals surface area contributed by atoms with Crippen LogP contribution in [0.25, 0.3) is 0 Å². The zero-order valence-electron chi connectivity index (χ0n) is 5.82. The van der Waals surface area contributed by atoms with E-state index >= 15 is 0 Å². The second kappa shape index (κ2) is 8.83. The molecule has 0 saturated heterocycles. The van der Waals surface area contributed by atoms with Gasteiger partial charge in [0.2, 0.25) is 0 Å². The average molecular weight is 86.4 g/mol. The molecule has 1 nitrogen and oxygen atoms in total. The van der Waals surface area contributed by atoms with E-state index in [1.54, 1.807) is 7.11 Å². The van der Waals surface area contributed by atoms with Crippen LogP contribution in [0.3, 0.4) is 0 Å². The van der Waals surface area contributed by atoms with E-state index in [0.717, 1.165) is 6.61 Å². The van der Waals surface area contributed by atoms with Crippen molar-refractivity contribution in [1.82, 2.24) is 0 Å². The fourth-order valence-electron chi connectivity index (χ4n) is 0. The molecule has 0 unspecified atom stereocenters. The Hall–Kier alpha value is 0.726. The van der Waals surface area contributed by atoms with E-state index in [9.17, 15) is 0 Å². The first-order valence-corrected chi connectivity index (χ1v) is 1.40. The van der Waals surface area contributed by atoms with Crippen LogP contribution < -0.4 is 0 Å². The van der Waals surface area contributed by atoms with Crippen molar-refractivity contribution in [1.29, 1.82) is 0 Å². The minimum atomic E-state index is 0. The van der Waals surface area contributed by atoms with Gasteiger partial charge in [-0.2, -0.15) is 0 Å². The molecule has 5 heavy (non-hydrogen) atoms. The number of hydrogen-bond acceptors (Lipinski definition) is 1. The summed E-state index contributed by atoms with van der Waals surface area (Å²) < 4.78 is 4.54. The van der Waals surface area contributed by atoms with Crippen LogP contribution in [0.1, 0.15) is 9.78 Å². The Morgan fingerprint density at radius 1 is 1.80 bits per heavy atom. The molecule has 0 atom stereocenters. The number of methoxy groups -OCH3 is 1. The van der Waals surface area contributed by atoms with Gasteiger partial charge in [-0.3, -0.25) is 0 Å². The van der Waals surface area contributed by atoms with Crippen molar-refractivity contribution in [2.24, 2.45) is 0 Å². The van der Waals surface area contributed by atoms with Crippen molar-refractivity contribution in [2.75, 3.05) is 13.7 Å². The van der Waals surface area contributed by atoms with E-state index in [4.69, 9.17) is 0 Å². The standard InChI is InChI=1S/C3H8O.Mg.2H/c1-3-4-2;;;/h3H2,1-2H3;;;/q;+2;2*-1. The third kappa shape index (κ3) is 11.8. The van der Waals surface area contributed by atoms with Gasteiger partial charge < -0.3 is 7.59 Å². The van der Waals surface area contributed by atoms with Crippen molar-refractivity contribution < 1.29 is 7.59 Å². The summed E-state index contributed by atoms with van der Waals surface area (Å²) in [5.74, 6) is 0. The summed E-state index contributed by atoms with van der Waals surface area (Å²) in [5, 5.41) is 0. The predicted octanol–water partition coefficient (Wildman–Crippen LogP) is 0.497. The molecule has 0 aromatic rings. The molecule has 0 saturated carbocycles. The second-order valence-electron chi connectivity index (χ2n) is 0.577. The molecule has 0 aliphatic heterocycles. The fourth-order valence-corrected chi connectivity index (χ4v) is 0. The van der Waals surface area contributed by atoms with Crippen molar-refractivity contribution >= 4 is 23.1 Å². The molecule has 0 spiro atoms.